The fourth-order valence-electron chi connectivity index (χ4n) is 3.95. The number of nitrogens with zero attached hydrogens (tertiary/aromatic N) is 3. The molecule has 0 aliphatic heterocycles. The molecule has 0 spiro atoms. The van der Waals surface area contributed by atoms with Crippen LogP contribution in [0.2, 0.25) is 0 Å². The topological polar surface area (TPSA) is 56.6 Å². The quantitative estimate of drug-likeness (QED) is 0.268. The Balaban J connectivity index is 1.80. The van der Waals surface area contributed by atoms with Crippen LogP contribution in [0.3, 0.4) is 0 Å². The minimum atomic E-state index is -0.380. The van der Waals surface area contributed by atoms with Crippen molar-refractivity contribution in [1.29, 1.82) is 0 Å². The lowest BCUT2D eigenvalue weighted by Crippen LogP contribution is -2.38. The molecule has 3 aromatic carbocycles. The molecule has 0 saturated carbocycles. The highest BCUT2D eigenvalue weighted by atomic mass is 19.1. The number of para-hydroxylation sites is 3. The zero-order valence-electron chi connectivity index (χ0n) is 20.9. The van der Waals surface area contributed by atoms with Gasteiger partial charge in [0, 0.05) is 11.6 Å². The average Bonchev–Trinajstić information content (AvgIpc) is 3.22. The number of hydrogen-bond donors (Lipinski definition) is 0. The largest absolute Gasteiger partial charge is 0.493 e. The summed E-state index contributed by atoms with van der Waals surface area (Å²) in [5.74, 6) is 1.07. The predicted molar refractivity (Wildman–Crippen MR) is 137 cm³/mol. The lowest BCUT2D eigenvalue weighted by Gasteiger charge is -2.29. The van der Waals surface area contributed by atoms with E-state index >= 15 is 0 Å². The Bertz CT molecular complexity index is 1320. The van der Waals surface area contributed by atoms with Gasteiger partial charge in [-0.1, -0.05) is 37.3 Å². The van der Waals surface area contributed by atoms with Gasteiger partial charge in [-0.2, -0.15) is 5.10 Å². The van der Waals surface area contributed by atoms with Crippen molar-refractivity contribution in [2.24, 2.45) is 0 Å². The number of aromatic nitrogens is 2. The number of ether oxygens (including phenoxy) is 2. The maximum absolute atomic E-state index is 13.5. The van der Waals surface area contributed by atoms with Crippen molar-refractivity contribution in [3.8, 4) is 23.1 Å². The van der Waals surface area contributed by atoms with Crippen LogP contribution in [0.5, 0.6) is 17.4 Å². The Morgan fingerprint density at radius 1 is 1.00 bits per heavy atom. The summed E-state index contributed by atoms with van der Waals surface area (Å²) < 4.78 is 27.2. The van der Waals surface area contributed by atoms with Crippen LogP contribution < -0.4 is 9.47 Å². The van der Waals surface area contributed by atoms with Gasteiger partial charge in [-0.25, -0.2) is 9.07 Å². The van der Waals surface area contributed by atoms with Crippen LogP contribution in [-0.2, 0) is 6.54 Å². The lowest BCUT2D eigenvalue weighted by molar-refractivity contribution is 0.0670. The van der Waals surface area contributed by atoms with E-state index in [1.54, 1.807) is 16.7 Å². The molecule has 0 aliphatic rings. The van der Waals surface area contributed by atoms with Crippen molar-refractivity contribution >= 4 is 5.91 Å². The third-order valence-corrected chi connectivity index (χ3v) is 6.22. The van der Waals surface area contributed by atoms with E-state index in [1.165, 1.54) is 24.3 Å². The van der Waals surface area contributed by atoms with Crippen LogP contribution in [0.4, 0.5) is 4.39 Å². The number of methoxy groups -OCH3 is 1. The van der Waals surface area contributed by atoms with Crippen LogP contribution in [0.15, 0.2) is 78.9 Å². The van der Waals surface area contributed by atoms with Crippen LogP contribution >= 0.6 is 0 Å². The second-order valence-corrected chi connectivity index (χ2v) is 8.57. The third kappa shape index (κ3) is 5.25. The zero-order chi connectivity index (χ0) is 25.7. The average molecular weight is 488 g/mol. The van der Waals surface area contributed by atoms with Crippen molar-refractivity contribution in [3.63, 3.8) is 0 Å². The van der Waals surface area contributed by atoms with Crippen LogP contribution in [0.1, 0.15) is 41.9 Å². The molecule has 7 heteroatoms. The number of carbonyl (C=O) groups is 1. The highest BCUT2D eigenvalue weighted by Gasteiger charge is 2.27. The molecule has 36 heavy (non-hydrogen) atoms. The standard InChI is InChI=1S/C29H30FN3O3/c1-5-20(2)32(28(34)22-15-17-23(30)18-16-22)19-25-21(3)31-33(24-11-7-6-8-12-24)29(25)36-27-14-10-9-13-26(27)35-4/h6-18,20H,5,19H2,1-4H3/t20-/m1/s1. The number of amides is 1. The van der Waals surface area contributed by atoms with Crippen molar-refractivity contribution in [3.05, 3.63) is 102 Å². The first-order chi connectivity index (χ1) is 17.4. The normalized spacial score (nSPS) is 11.7. The number of carbonyl (C=O) groups excluding carboxylic acids is 1. The van der Waals surface area contributed by atoms with Gasteiger partial charge in [0.15, 0.2) is 11.5 Å². The predicted octanol–water partition coefficient (Wildman–Crippen LogP) is 6.56. The zero-order valence-corrected chi connectivity index (χ0v) is 20.9. The van der Waals surface area contributed by atoms with Gasteiger partial charge in [0.05, 0.1) is 30.6 Å². The summed E-state index contributed by atoms with van der Waals surface area (Å²) >= 11 is 0. The molecule has 1 aromatic heterocycles. The van der Waals surface area contributed by atoms with E-state index in [0.717, 1.165) is 23.4 Å². The first kappa shape index (κ1) is 25.0. The van der Waals surface area contributed by atoms with Crippen molar-refractivity contribution < 1.29 is 18.7 Å². The van der Waals surface area contributed by atoms with E-state index in [2.05, 4.69) is 0 Å². The van der Waals surface area contributed by atoms with Crippen molar-refractivity contribution in [1.82, 2.24) is 14.7 Å². The summed E-state index contributed by atoms with van der Waals surface area (Å²) in [5.41, 5.74) is 2.78. The minimum absolute atomic E-state index is 0.0684. The molecule has 4 rings (SSSR count). The molecule has 0 aliphatic carbocycles. The molecule has 0 saturated heterocycles. The number of benzene rings is 3. The Morgan fingerprint density at radius 3 is 2.28 bits per heavy atom. The molecule has 1 amide bonds. The molecule has 1 atom stereocenters. The molecule has 0 N–H and O–H groups in total. The maximum atomic E-state index is 13.5. The Kier molecular flexibility index (Phi) is 7.68. The molecular formula is C29H30FN3O3. The molecule has 1 heterocycles. The summed E-state index contributed by atoms with van der Waals surface area (Å²) in [6.45, 7) is 6.20. The maximum Gasteiger partial charge on any atom is 0.254 e. The second kappa shape index (κ2) is 11.1. The van der Waals surface area contributed by atoms with Crippen LogP contribution in [0.25, 0.3) is 5.69 Å². The highest BCUT2D eigenvalue weighted by molar-refractivity contribution is 5.94. The molecule has 4 aromatic rings. The molecule has 6 nitrogen and oxygen atoms in total. The van der Waals surface area contributed by atoms with Gasteiger partial charge < -0.3 is 14.4 Å². The first-order valence-corrected chi connectivity index (χ1v) is 11.9. The van der Waals surface area contributed by atoms with Crippen LogP contribution in [0, 0.1) is 12.7 Å². The van der Waals surface area contributed by atoms with Gasteiger partial charge >= 0.3 is 0 Å². The smallest absolute Gasteiger partial charge is 0.254 e. The first-order valence-electron chi connectivity index (χ1n) is 11.9. The fourth-order valence-corrected chi connectivity index (χ4v) is 3.95. The van der Waals surface area contributed by atoms with E-state index in [4.69, 9.17) is 14.6 Å². The lowest BCUT2D eigenvalue weighted by atomic mass is 10.1. The molecule has 0 fully saturated rings. The van der Waals surface area contributed by atoms with Gasteiger partial charge in [0.2, 0.25) is 5.88 Å². The van der Waals surface area contributed by atoms with Crippen molar-refractivity contribution in [2.45, 2.75) is 39.8 Å². The van der Waals surface area contributed by atoms with E-state index in [1.807, 2.05) is 75.4 Å². The third-order valence-electron chi connectivity index (χ3n) is 6.22. The van der Waals surface area contributed by atoms with Crippen LogP contribution in [-0.4, -0.2) is 33.7 Å². The van der Waals surface area contributed by atoms with Gasteiger partial charge in [-0.15, -0.1) is 0 Å². The van der Waals surface area contributed by atoms with Crippen molar-refractivity contribution in [2.75, 3.05) is 7.11 Å². The summed E-state index contributed by atoms with van der Waals surface area (Å²) in [7, 11) is 1.59. The summed E-state index contributed by atoms with van der Waals surface area (Å²) in [5, 5.41) is 4.78. The summed E-state index contributed by atoms with van der Waals surface area (Å²) in [6.07, 6.45) is 0.751. The summed E-state index contributed by atoms with van der Waals surface area (Å²) in [4.78, 5) is 15.3. The Hall–Kier alpha value is -4.13. The minimum Gasteiger partial charge on any atom is -0.493 e. The number of hydrogen-bond acceptors (Lipinski definition) is 4. The van der Waals surface area contributed by atoms with E-state index < -0.39 is 0 Å². The number of rotatable bonds is 9. The molecular weight excluding hydrogens is 457 g/mol. The second-order valence-electron chi connectivity index (χ2n) is 8.57. The Labute approximate surface area is 210 Å². The monoisotopic (exact) mass is 487 g/mol. The van der Waals surface area contributed by atoms with E-state index in [0.29, 0.717) is 22.9 Å². The highest BCUT2D eigenvalue weighted by Crippen LogP contribution is 2.36. The molecule has 186 valence electrons. The van der Waals surface area contributed by atoms with Gasteiger partial charge in [0.1, 0.15) is 5.82 Å². The molecule has 0 bridgehead atoms. The van der Waals surface area contributed by atoms with E-state index in [9.17, 15) is 9.18 Å². The van der Waals surface area contributed by atoms with E-state index in [-0.39, 0.29) is 24.3 Å². The van der Waals surface area contributed by atoms with Gasteiger partial charge in [-0.3, -0.25) is 4.79 Å². The number of halogens is 1. The van der Waals surface area contributed by atoms with Gasteiger partial charge in [0.25, 0.3) is 5.91 Å². The molecule has 0 radical (unpaired) electrons. The molecule has 0 unspecified atom stereocenters. The van der Waals surface area contributed by atoms with Gasteiger partial charge in [-0.05, 0) is 68.8 Å². The number of aryl methyl sites for hydroxylation is 1. The SMILES string of the molecule is CC[C@@H](C)N(Cc1c(C)nn(-c2ccccc2)c1Oc1ccccc1OC)C(=O)c1ccc(F)cc1. The summed E-state index contributed by atoms with van der Waals surface area (Å²) in [6, 6.07) is 22.7. The fraction of sp³-hybridized carbons (Fsp3) is 0.241. The Morgan fingerprint density at radius 2 is 1.64 bits per heavy atom.